The standard InChI is InChI=1S/C8H15N3O.ClH/c1-10-6-3-4-9-5-7(6)11(2)8(10)12;/h6-7,9H,3-5H2,1-2H3;1H. The zero-order chi connectivity index (χ0) is 8.72. The zero-order valence-corrected chi connectivity index (χ0v) is 8.80. The third-order valence-corrected chi connectivity index (χ3v) is 3.01. The summed E-state index contributed by atoms with van der Waals surface area (Å²) in [6.07, 6.45) is 1.08. The lowest BCUT2D eigenvalue weighted by Crippen LogP contribution is -2.48. The number of likely N-dealkylation sites (N-methyl/N-ethyl adjacent to an activating group) is 2. The molecule has 13 heavy (non-hydrogen) atoms. The van der Waals surface area contributed by atoms with E-state index >= 15 is 0 Å². The molecule has 0 aromatic rings. The monoisotopic (exact) mass is 205 g/mol. The van der Waals surface area contributed by atoms with E-state index in [0.717, 1.165) is 19.5 Å². The van der Waals surface area contributed by atoms with E-state index in [9.17, 15) is 4.79 Å². The Labute approximate surface area is 84.7 Å². The SMILES string of the molecule is CN1C(=O)N(C)C2CNCCC21.Cl. The van der Waals surface area contributed by atoms with Crippen LogP contribution in [0.15, 0.2) is 0 Å². The van der Waals surface area contributed by atoms with Gasteiger partial charge in [-0.15, -0.1) is 12.4 Å². The predicted molar refractivity (Wildman–Crippen MR) is 53.2 cm³/mol. The van der Waals surface area contributed by atoms with Crippen molar-refractivity contribution in [2.24, 2.45) is 0 Å². The zero-order valence-electron chi connectivity index (χ0n) is 7.99. The van der Waals surface area contributed by atoms with Crippen LogP contribution in [0.4, 0.5) is 4.79 Å². The van der Waals surface area contributed by atoms with Gasteiger partial charge in [0, 0.05) is 20.6 Å². The van der Waals surface area contributed by atoms with Crippen LogP contribution in [0.1, 0.15) is 6.42 Å². The molecule has 2 fully saturated rings. The molecule has 0 aliphatic carbocycles. The summed E-state index contributed by atoms with van der Waals surface area (Å²) in [4.78, 5) is 15.2. The third-order valence-electron chi connectivity index (χ3n) is 3.01. The van der Waals surface area contributed by atoms with Crippen molar-refractivity contribution >= 4 is 18.4 Å². The molecular weight excluding hydrogens is 190 g/mol. The summed E-state index contributed by atoms with van der Waals surface area (Å²) in [6.45, 7) is 1.98. The minimum absolute atomic E-state index is 0. The molecule has 2 unspecified atom stereocenters. The summed E-state index contributed by atoms with van der Waals surface area (Å²) in [5.41, 5.74) is 0. The summed E-state index contributed by atoms with van der Waals surface area (Å²) < 4.78 is 0. The topological polar surface area (TPSA) is 35.6 Å². The van der Waals surface area contributed by atoms with Gasteiger partial charge in [-0.3, -0.25) is 0 Å². The molecule has 2 saturated heterocycles. The smallest absolute Gasteiger partial charge is 0.320 e. The fourth-order valence-corrected chi connectivity index (χ4v) is 2.21. The van der Waals surface area contributed by atoms with Gasteiger partial charge < -0.3 is 15.1 Å². The number of urea groups is 1. The van der Waals surface area contributed by atoms with Crippen LogP contribution in [-0.2, 0) is 0 Å². The van der Waals surface area contributed by atoms with Crippen molar-refractivity contribution in [3.05, 3.63) is 0 Å². The van der Waals surface area contributed by atoms with E-state index in [-0.39, 0.29) is 18.4 Å². The first-order chi connectivity index (χ1) is 5.72. The molecule has 2 aliphatic rings. The molecule has 2 atom stereocenters. The summed E-state index contributed by atoms with van der Waals surface area (Å²) in [7, 11) is 3.78. The highest BCUT2D eigenvalue weighted by atomic mass is 35.5. The molecule has 0 aromatic heterocycles. The van der Waals surface area contributed by atoms with Gasteiger partial charge >= 0.3 is 6.03 Å². The Bertz CT molecular complexity index is 192. The van der Waals surface area contributed by atoms with Crippen LogP contribution in [0.2, 0.25) is 0 Å². The Morgan fingerprint density at radius 2 is 1.92 bits per heavy atom. The van der Waals surface area contributed by atoms with Gasteiger partial charge in [-0.25, -0.2) is 4.79 Å². The summed E-state index contributed by atoms with van der Waals surface area (Å²) in [5.74, 6) is 0. The molecule has 76 valence electrons. The van der Waals surface area contributed by atoms with E-state index in [1.165, 1.54) is 0 Å². The average molecular weight is 206 g/mol. The van der Waals surface area contributed by atoms with Gasteiger partial charge in [0.2, 0.25) is 0 Å². The highest BCUT2D eigenvalue weighted by Gasteiger charge is 2.42. The number of nitrogens with one attached hydrogen (secondary N) is 1. The van der Waals surface area contributed by atoms with Crippen LogP contribution in [0.5, 0.6) is 0 Å². The quantitative estimate of drug-likeness (QED) is 0.611. The van der Waals surface area contributed by atoms with Crippen LogP contribution >= 0.6 is 12.4 Å². The molecular formula is C8H16ClN3O. The first-order valence-electron chi connectivity index (χ1n) is 4.42. The molecule has 5 heteroatoms. The van der Waals surface area contributed by atoms with E-state index in [2.05, 4.69) is 5.32 Å². The first-order valence-corrected chi connectivity index (χ1v) is 4.42. The van der Waals surface area contributed by atoms with Crippen molar-refractivity contribution in [3.8, 4) is 0 Å². The van der Waals surface area contributed by atoms with Crippen LogP contribution < -0.4 is 5.32 Å². The second-order valence-electron chi connectivity index (χ2n) is 3.63. The van der Waals surface area contributed by atoms with Gasteiger partial charge in [0.1, 0.15) is 0 Å². The maximum Gasteiger partial charge on any atom is 0.320 e. The van der Waals surface area contributed by atoms with Crippen LogP contribution in [0.3, 0.4) is 0 Å². The van der Waals surface area contributed by atoms with Gasteiger partial charge in [0.25, 0.3) is 0 Å². The van der Waals surface area contributed by atoms with E-state index < -0.39 is 0 Å². The number of hydrogen-bond donors (Lipinski definition) is 1. The first kappa shape index (κ1) is 10.6. The normalized spacial score (nSPS) is 32.9. The van der Waals surface area contributed by atoms with Crippen molar-refractivity contribution in [3.63, 3.8) is 0 Å². The Hall–Kier alpha value is -0.480. The van der Waals surface area contributed by atoms with Crippen molar-refractivity contribution in [2.75, 3.05) is 27.2 Å². The second-order valence-corrected chi connectivity index (χ2v) is 3.63. The molecule has 4 nitrogen and oxygen atoms in total. The second kappa shape index (κ2) is 3.72. The Morgan fingerprint density at radius 3 is 2.54 bits per heavy atom. The molecule has 2 amide bonds. The van der Waals surface area contributed by atoms with Crippen molar-refractivity contribution < 1.29 is 4.79 Å². The number of piperidine rings is 1. The van der Waals surface area contributed by atoms with Crippen molar-refractivity contribution in [1.29, 1.82) is 0 Å². The summed E-state index contributed by atoms with van der Waals surface area (Å²) in [5, 5.41) is 3.31. The lowest BCUT2D eigenvalue weighted by Gasteiger charge is -2.30. The van der Waals surface area contributed by atoms with Crippen molar-refractivity contribution in [1.82, 2.24) is 15.1 Å². The van der Waals surface area contributed by atoms with E-state index in [0.29, 0.717) is 12.1 Å². The molecule has 2 aliphatic heterocycles. The fourth-order valence-electron chi connectivity index (χ4n) is 2.21. The van der Waals surface area contributed by atoms with Gasteiger partial charge in [-0.05, 0) is 13.0 Å². The molecule has 1 N–H and O–H groups in total. The summed E-state index contributed by atoms with van der Waals surface area (Å²) >= 11 is 0. The largest absolute Gasteiger partial charge is 0.323 e. The van der Waals surface area contributed by atoms with Crippen LogP contribution in [0.25, 0.3) is 0 Å². The molecule has 0 spiro atoms. The molecule has 0 radical (unpaired) electrons. The predicted octanol–water partition coefficient (Wildman–Crippen LogP) is 0.136. The van der Waals surface area contributed by atoms with Crippen LogP contribution in [0, 0.1) is 0 Å². The molecule has 2 heterocycles. The fraction of sp³-hybridized carbons (Fsp3) is 0.875. The number of amides is 2. The Morgan fingerprint density at radius 1 is 1.31 bits per heavy atom. The highest BCUT2D eigenvalue weighted by Crippen LogP contribution is 2.23. The highest BCUT2D eigenvalue weighted by molar-refractivity contribution is 5.85. The number of fused-ring (bicyclic) bond motifs is 1. The number of halogens is 1. The van der Waals surface area contributed by atoms with E-state index in [4.69, 9.17) is 0 Å². The van der Waals surface area contributed by atoms with Gasteiger partial charge in [-0.1, -0.05) is 0 Å². The minimum atomic E-state index is 0. The lowest BCUT2D eigenvalue weighted by molar-refractivity contribution is 0.200. The summed E-state index contributed by atoms with van der Waals surface area (Å²) in [6, 6.07) is 0.980. The van der Waals surface area contributed by atoms with Gasteiger partial charge in [0.05, 0.1) is 12.1 Å². The van der Waals surface area contributed by atoms with E-state index in [1.807, 2.05) is 23.9 Å². The Balaban J connectivity index is 0.000000845. The number of hydrogen-bond acceptors (Lipinski definition) is 2. The number of nitrogens with zero attached hydrogens (tertiary/aromatic N) is 2. The molecule has 0 saturated carbocycles. The molecule has 2 rings (SSSR count). The van der Waals surface area contributed by atoms with Crippen LogP contribution in [-0.4, -0.2) is 55.1 Å². The lowest BCUT2D eigenvalue weighted by atomic mass is 10.0. The maximum absolute atomic E-state index is 11.5. The minimum Gasteiger partial charge on any atom is -0.323 e. The molecule has 0 bridgehead atoms. The molecule has 0 aromatic carbocycles. The third kappa shape index (κ3) is 1.48. The number of rotatable bonds is 0. The Kier molecular flexibility index (Phi) is 3.03. The number of carbonyl (C=O) groups excluding carboxylic acids is 1. The maximum atomic E-state index is 11.5. The van der Waals surface area contributed by atoms with E-state index in [1.54, 1.807) is 0 Å². The average Bonchev–Trinajstić information content (AvgIpc) is 2.33. The number of carbonyl (C=O) groups is 1. The van der Waals surface area contributed by atoms with Gasteiger partial charge in [-0.2, -0.15) is 0 Å². The van der Waals surface area contributed by atoms with Gasteiger partial charge in [0.15, 0.2) is 0 Å². The van der Waals surface area contributed by atoms with Crippen molar-refractivity contribution in [2.45, 2.75) is 18.5 Å².